The molecule has 2 aromatic heterocycles. The topological polar surface area (TPSA) is 105 Å². The summed E-state index contributed by atoms with van der Waals surface area (Å²) < 4.78 is 13.2. The molecule has 4 atom stereocenters. The molecule has 8 nitrogen and oxygen atoms in total. The number of aromatic nitrogens is 4. The second-order valence-corrected chi connectivity index (χ2v) is 5.95. The summed E-state index contributed by atoms with van der Waals surface area (Å²) >= 11 is 5.90. The van der Waals surface area contributed by atoms with Gasteiger partial charge in [0.2, 0.25) is 5.28 Å². The summed E-state index contributed by atoms with van der Waals surface area (Å²) in [6.45, 7) is 5.40. The van der Waals surface area contributed by atoms with E-state index in [1.807, 2.05) is 13.8 Å². The van der Waals surface area contributed by atoms with Gasteiger partial charge in [0.15, 0.2) is 23.8 Å². The Hall–Kier alpha value is -1.93. The van der Waals surface area contributed by atoms with Crippen molar-refractivity contribution in [3.63, 3.8) is 0 Å². The Kier molecular flexibility index (Phi) is 4.11. The average molecular weight is 340 g/mol. The SMILES string of the molecule is CC[C@H]1O[C@@H](n2cnc3c(N)nc(Cl)nc32)C(OC(C)=O)[C@H]1C. The fourth-order valence-electron chi connectivity index (χ4n) is 3.00. The second-order valence-electron chi connectivity index (χ2n) is 5.61. The van der Waals surface area contributed by atoms with Crippen molar-refractivity contribution in [2.24, 2.45) is 5.92 Å². The fourth-order valence-corrected chi connectivity index (χ4v) is 3.17. The number of hydrogen-bond acceptors (Lipinski definition) is 7. The standard InChI is InChI=1S/C14H18ClN5O3/c1-4-8-6(2)10(22-7(3)21)13(23-8)20-5-17-9-11(16)18-14(15)19-12(9)20/h5-6,8,10,13H,4H2,1-3H3,(H2,16,18,19)/t6-,8+,10?,13+/m0/s1. The van der Waals surface area contributed by atoms with E-state index in [-0.39, 0.29) is 29.1 Å². The van der Waals surface area contributed by atoms with E-state index in [1.54, 1.807) is 10.9 Å². The minimum absolute atomic E-state index is 0.0267. The monoisotopic (exact) mass is 339 g/mol. The Bertz CT molecular complexity index is 749. The summed E-state index contributed by atoms with van der Waals surface area (Å²) in [6, 6.07) is 0. The number of carbonyl (C=O) groups is 1. The molecule has 1 aliphatic heterocycles. The molecule has 1 saturated heterocycles. The molecular weight excluding hydrogens is 322 g/mol. The number of halogens is 1. The van der Waals surface area contributed by atoms with Gasteiger partial charge in [-0.3, -0.25) is 9.36 Å². The Balaban J connectivity index is 2.06. The maximum atomic E-state index is 11.5. The van der Waals surface area contributed by atoms with Gasteiger partial charge in [0, 0.05) is 12.8 Å². The van der Waals surface area contributed by atoms with Gasteiger partial charge in [-0.2, -0.15) is 9.97 Å². The molecule has 0 spiro atoms. The molecule has 0 bridgehead atoms. The van der Waals surface area contributed by atoms with Crippen molar-refractivity contribution in [3.05, 3.63) is 11.6 Å². The summed E-state index contributed by atoms with van der Waals surface area (Å²) in [4.78, 5) is 23.8. The number of rotatable bonds is 3. The van der Waals surface area contributed by atoms with Gasteiger partial charge in [-0.15, -0.1) is 0 Å². The highest BCUT2D eigenvalue weighted by Gasteiger charge is 2.45. The van der Waals surface area contributed by atoms with Crippen LogP contribution in [0.2, 0.25) is 5.28 Å². The quantitative estimate of drug-likeness (QED) is 0.672. The van der Waals surface area contributed by atoms with E-state index in [9.17, 15) is 4.79 Å². The van der Waals surface area contributed by atoms with Crippen LogP contribution in [0.3, 0.4) is 0 Å². The van der Waals surface area contributed by atoms with E-state index < -0.39 is 12.3 Å². The van der Waals surface area contributed by atoms with Crippen molar-refractivity contribution in [1.82, 2.24) is 19.5 Å². The van der Waals surface area contributed by atoms with Crippen molar-refractivity contribution in [2.75, 3.05) is 5.73 Å². The second kappa shape index (κ2) is 5.93. The molecule has 3 heterocycles. The molecule has 0 amide bonds. The summed E-state index contributed by atoms with van der Waals surface area (Å²) in [6.07, 6.45) is 1.35. The van der Waals surface area contributed by atoms with Crippen LogP contribution in [0, 0.1) is 5.92 Å². The van der Waals surface area contributed by atoms with Gasteiger partial charge in [0.25, 0.3) is 0 Å². The summed E-state index contributed by atoms with van der Waals surface area (Å²) in [7, 11) is 0. The molecule has 23 heavy (non-hydrogen) atoms. The molecule has 1 fully saturated rings. The van der Waals surface area contributed by atoms with Gasteiger partial charge >= 0.3 is 5.97 Å². The van der Waals surface area contributed by atoms with Crippen molar-refractivity contribution < 1.29 is 14.3 Å². The first-order valence-electron chi connectivity index (χ1n) is 7.40. The highest BCUT2D eigenvalue weighted by Crippen LogP contribution is 2.38. The van der Waals surface area contributed by atoms with E-state index in [2.05, 4.69) is 15.0 Å². The zero-order chi connectivity index (χ0) is 16.7. The summed E-state index contributed by atoms with van der Waals surface area (Å²) in [5.41, 5.74) is 6.72. The number of nitrogens with zero attached hydrogens (tertiary/aromatic N) is 4. The van der Waals surface area contributed by atoms with E-state index >= 15 is 0 Å². The molecule has 9 heteroatoms. The third kappa shape index (κ3) is 2.72. The number of esters is 1. The zero-order valence-electron chi connectivity index (χ0n) is 13.1. The van der Waals surface area contributed by atoms with Gasteiger partial charge in [-0.1, -0.05) is 13.8 Å². The largest absolute Gasteiger partial charge is 0.457 e. The molecular formula is C14H18ClN5O3. The van der Waals surface area contributed by atoms with Crippen LogP contribution in [0.4, 0.5) is 5.82 Å². The highest BCUT2D eigenvalue weighted by atomic mass is 35.5. The number of nitrogens with two attached hydrogens (primary N) is 1. The summed E-state index contributed by atoms with van der Waals surface area (Å²) in [5, 5.41) is 0.0267. The fraction of sp³-hybridized carbons (Fsp3) is 0.571. The lowest BCUT2D eigenvalue weighted by molar-refractivity contribution is -0.153. The minimum Gasteiger partial charge on any atom is -0.457 e. The number of hydrogen-bond donors (Lipinski definition) is 1. The van der Waals surface area contributed by atoms with Crippen LogP contribution in [-0.2, 0) is 14.3 Å². The van der Waals surface area contributed by atoms with Crippen LogP contribution in [0.15, 0.2) is 6.33 Å². The van der Waals surface area contributed by atoms with Crippen LogP contribution in [0.5, 0.6) is 0 Å². The van der Waals surface area contributed by atoms with Gasteiger partial charge in [-0.05, 0) is 18.0 Å². The zero-order valence-corrected chi connectivity index (χ0v) is 13.8. The smallest absolute Gasteiger partial charge is 0.303 e. The normalized spacial score (nSPS) is 27.5. The first kappa shape index (κ1) is 15.9. The van der Waals surface area contributed by atoms with Crippen molar-refractivity contribution >= 4 is 34.6 Å². The molecule has 3 rings (SSSR count). The molecule has 0 aromatic carbocycles. The molecule has 0 saturated carbocycles. The van der Waals surface area contributed by atoms with E-state index in [4.69, 9.17) is 26.8 Å². The lowest BCUT2D eigenvalue weighted by Gasteiger charge is -2.21. The van der Waals surface area contributed by atoms with Crippen LogP contribution in [0.1, 0.15) is 33.4 Å². The van der Waals surface area contributed by atoms with Crippen molar-refractivity contribution in [1.29, 1.82) is 0 Å². The van der Waals surface area contributed by atoms with Crippen LogP contribution >= 0.6 is 11.6 Å². The van der Waals surface area contributed by atoms with Gasteiger partial charge in [-0.25, -0.2) is 4.98 Å². The molecule has 0 radical (unpaired) electrons. The van der Waals surface area contributed by atoms with Gasteiger partial charge in [0.1, 0.15) is 5.52 Å². The molecule has 1 aliphatic rings. The number of anilines is 1. The summed E-state index contributed by atoms with van der Waals surface area (Å²) in [5.74, 6) is -0.120. The Labute approximate surface area is 138 Å². The predicted octanol–water partition coefficient (Wildman–Crippen LogP) is 1.94. The number of ether oxygens (including phenoxy) is 2. The molecule has 0 aliphatic carbocycles. The highest BCUT2D eigenvalue weighted by molar-refractivity contribution is 6.28. The molecule has 124 valence electrons. The molecule has 2 N–H and O–H groups in total. The lowest BCUT2D eigenvalue weighted by atomic mass is 9.98. The third-order valence-electron chi connectivity index (χ3n) is 4.10. The number of nitrogen functional groups attached to an aromatic ring is 1. The van der Waals surface area contributed by atoms with Gasteiger partial charge < -0.3 is 15.2 Å². The van der Waals surface area contributed by atoms with E-state index in [1.165, 1.54) is 6.92 Å². The molecule has 1 unspecified atom stereocenters. The number of fused-ring (bicyclic) bond motifs is 1. The minimum atomic E-state index is -0.533. The first-order valence-corrected chi connectivity index (χ1v) is 7.78. The van der Waals surface area contributed by atoms with Crippen LogP contribution in [-0.4, -0.2) is 37.7 Å². The van der Waals surface area contributed by atoms with Crippen LogP contribution in [0.25, 0.3) is 11.2 Å². The number of carbonyl (C=O) groups excluding carboxylic acids is 1. The Morgan fingerprint density at radius 1 is 1.52 bits per heavy atom. The lowest BCUT2D eigenvalue weighted by Crippen LogP contribution is -2.29. The maximum Gasteiger partial charge on any atom is 0.303 e. The van der Waals surface area contributed by atoms with Crippen LogP contribution < -0.4 is 5.73 Å². The van der Waals surface area contributed by atoms with Gasteiger partial charge in [0.05, 0.1) is 12.4 Å². The maximum absolute atomic E-state index is 11.5. The van der Waals surface area contributed by atoms with E-state index in [0.29, 0.717) is 11.2 Å². The first-order chi connectivity index (χ1) is 10.9. The Morgan fingerprint density at radius 3 is 2.91 bits per heavy atom. The van der Waals surface area contributed by atoms with Crippen molar-refractivity contribution in [3.8, 4) is 0 Å². The number of imidazole rings is 1. The third-order valence-corrected chi connectivity index (χ3v) is 4.27. The molecule has 2 aromatic rings. The average Bonchev–Trinajstić information content (AvgIpc) is 3.01. The van der Waals surface area contributed by atoms with E-state index in [0.717, 1.165) is 6.42 Å². The predicted molar refractivity (Wildman–Crippen MR) is 83.7 cm³/mol. The Morgan fingerprint density at radius 2 is 2.26 bits per heavy atom. The van der Waals surface area contributed by atoms with Crippen molar-refractivity contribution in [2.45, 2.75) is 45.6 Å².